The topological polar surface area (TPSA) is 111 Å². The lowest BCUT2D eigenvalue weighted by Crippen LogP contribution is -1.94. The van der Waals surface area contributed by atoms with Crippen molar-refractivity contribution < 1.29 is 9.85 Å². The summed E-state index contributed by atoms with van der Waals surface area (Å²) in [6, 6.07) is 3.21. The van der Waals surface area contributed by atoms with Gasteiger partial charge in [0.1, 0.15) is 0 Å². The Kier molecular flexibility index (Phi) is 4.41. The standard InChI is InChI=1S/C10H12N4O4/c1-3-7(2)11-12-9-5-4-8(13(15)16)6-10(9)14(17)18/h4-7H,3H2,1-2H3. The minimum Gasteiger partial charge on any atom is -0.258 e. The minimum atomic E-state index is -0.710. The summed E-state index contributed by atoms with van der Waals surface area (Å²) in [5.74, 6) is 0. The van der Waals surface area contributed by atoms with Crippen LogP contribution in [0.3, 0.4) is 0 Å². The van der Waals surface area contributed by atoms with E-state index < -0.39 is 15.5 Å². The van der Waals surface area contributed by atoms with Crippen LogP contribution >= 0.6 is 0 Å². The fourth-order valence-corrected chi connectivity index (χ4v) is 1.10. The third-order valence-corrected chi connectivity index (χ3v) is 2.32. The van der Waals surface area contributed by atoms with Crippen LogP contribution in [-0.2, 0) is 0 Å². The van der Waals surface area contributed by atoms with Crippen molar-refractivity contribution in [3.63, 3.8) is 0 Å². The third kappa shape index (κ3) is 3.30. The number of hydrogen-bond acceptors (Lipinski definition) is 6. The number of benzene rings is 1. The van der Waals surface area contributed by atoms with E-state index in [9.17, 15) is 20.2 Å². The predicted molar refractivity (Wildman–Crippen MR) is 64.0 cm³/mol. The second-order valence-electron chi connectivity index (χ2n) is 3.66. The number of non-ortho nitro benzene ring substituents is 1. The molecule has 18 heavy (non-hydrogen) atoms. The average Bonchev–Trinajstić information content (AvgIpc) is 2.35. The van der Waals surface area contributed by atoms with Crippen LogP contribution in [0.15, 0.2) is 28.4 Å². The maximum atomic E-state index is 10.8. The van der Waals surface area contributed by atoms with E-state index in [2.05, 4.69) is 10.2 Å². The number of nitro benzene ring substituents is 2. The molecular formula is C10H12N4O4. The third-order valence-electron chi connectivity index (χ3n) is 2.32. The molecule has 0 bridgehead atoms. The molecule has 1 rings (SSSR count). The molecule has 0 aromatic heterocycles. The second kappa shape index (κ2) is 5.80. The van der Waals surface area contributed by atoms with E-state index in [0.29, 0.717) is 0 Å². The molecule has 0 aliphatic heterocycles. The van der Waals surface area contributed by atoms with Gasteiger partial charge < -0.3 is 0 Å². The van der Waals surface area contributed by atoms with Crippen LogP contribution in [0.4, 0.5) is 17.1 Å². The van der Waals surface area contributed by atoms with E-state index in [-0.39, 0.29) is 17.4 Å². The molecule has 0 saturated heterocycles. The van der Waals surface area contributed by atoms with E-state index in [1.807, 2.05) is 13.8 Å². The first-order valence-corrected chi connectivity index (χ1v) is 5.29. The second-order valence-corrected chi connectivity index (χ2v) is 3.66. The number of nitro groups is 2. The van der Waals surface area contributed by atoms with Crippen LogP contribution in [0.5, 0.6) is 0 Å². The molecule has 0 saturated carbocycles. The fourth-order valence-electron chi connectivity index (χ4n) is 1.10. The lowest BCUT2D eigenvalue weighted by atomic mass is 10.2. The first kappa shape index (κ1) is 13.7. The molecule has 1 atom stereocenters. The van der Waals surface area contributed by atoms with Crippen molar-refractivity contribution in [1.29, 1.82) is 0 Å². The molecule has 0 fully saturated rings. The lowest BCUT2D eigenvalue weighted by molar-refractivity contribution is -0.393. The Morgan fingerprint density at radius 3 is 2.44 bits per heavy atom. The number of rotatable bonds is 5. The molecule has 8 heteroatoms. The summed E-state index contributed by atoms with van der Waals surface area (Å²) in [6.07, 6.45) is 0.754. The summed E-state index contributed by atoms with van der Waals surface area (Å²) >= 11 is 0. The fraction of sp³-hybridized carbons (Fsp3) is 0.400. The molecule has 0 aliphatic rings. The van der Waals surface area contributed by atoms with E-state index in [0.717, 1.165) is 18.6 Å². The quantitative estimate of drug-likeness (QED) is 0.454. The van der Waals surface area contributed by atoms with E-state index in [4.69, 9.17) is 0 Å². The van der Waals surface area contributed by atoms with Crippen molar-refractivity contribution in [2.45, 2.75) is 26.3 Å². The molecule has 1 aromatic carbocycles. The molecular weight excluding hydrogens is 240 g/mol. The monoisotopic (exact) mass is 252 g/mol. The zero-order valence-corrected chi connectivity index (χ0v) is 9.94. The van der Waals surface area contributed by atoms with Crippen molar-refractivity contribution in [3.05, 3.63) is 38.4 Å². The molecule has 0 N–H and O–H groups in total. The highest BCUT2D eigenvalue weighted by Gasteiger charge is 2.19. The van der Waals surface area contributed by atoms with Gasteiger partial charge >= 0.3 is 5.69 Å². The smallest absolute Gasteiger partial charge is 0.258 e. The van der Waals surface area contributed by atoms with Gasteiger partial charge in [0.05, 0.1) is 22.0 Å². The normalized spacial score (nSPS) is 12.6. The molecule has 8 nitrogen and oxygen atoms in total. The Morgan fingerprint density at radius 1 is 1.28 bits per heavy atom. The summed E-state index contributed by atoms with van der Waals surface area (Å²) in [6.45, 7) is 3.73. The van der Waals surface area contributed by atoms with Gasteiger partial charge in [-0.25, -0.2) is 0 Å². The molecule has 0 amide bonds. The molecule has 0 radical (unpaired) electrons. The van der Waals surface area contributed by atoms with Gasteiger partial charge in [-0.1, -0.05) is 6.92 Å². The Balaban J connectivity index is 3.16. The number of hydrogen-bond donors (Lipinski definition) is 0. The van der Waals surface area contributed by atoms with Crippen molar-refractivity contribution in [1.82, 2.24) is 0 Å². The summed E-state index contributed by atoms with van der Waals surface area (Å²) < 4.78 is 0. The van der Waals surface area contributed by atoms with Gasteiger partial charge in [0, 0.05) is 6.07 Å². The Hall–Kier alpha value is -2.38. The molecule has 0 aliphatic carbocycles. The van der Waals surface area contributed by atoms with E-state index in [1.54, 1.807) is 0 Å². The van der Waals surface area contributed by atoms with Gasteiger partial charge in [-0.2, -0.15) is 5.11 Å². The van der Waals surface area contributed by atoms with Crippen LogP contribution < -0.4 is 0 Å². The van der Waals surface area contributed by atoms with Gasteiger partial charge in [0.2, 0.25) is 0 Å². The summed E-state index contributed by atoms with van der Waals surface area (Å²) in [4.78, 5) is 19.9. The Morgan fingerprint density at radius 2 is 1.94 bits per heavy atom. The van der Waals surface area contributed by atoms with Crippen molar-refractivity contribution in [3.8, 4) is 0 Å². The molecule has 96 valence electrons. The van der Waals surface area contributed by atoms with Crippen molar-refractivity contribution in [2.24, 2.45) is 10.2 Å². The predicted octanol–water partition coefficient (Wildman–Crippen LogP) is 3.39. The maximum absolute atomic E-state index is 10.8. The average molecular weight is 252 g/mol. The first-order valence-electron chi connectivity index (χ1n) is 5.29. The highest BCUT2D eigenvalue weighted by atomic mass is 16.6. The maximum Gasteiger partial charge on any atom is 0.303 e. The molecule has 1 unspecified atom stereocenters. The van der Waals surface area contributed by atoms with Gasteiger partial charge in [-0.3, -0.25) is 20.2 Å². The lowest BCUT2D eigenvalue weighted by Gasteiger charge is -1.99. The zero-order chi connectivity index (χ0) is 13.7. The van der Waals surface area contributed by atoms with Crippen LogP contribution in [0.25, 0.3) is 0 Å². The molecule has 1 aromatic rings. The largest absolute Gasteiger partial charge is 0.303 e. The SMILES string of the molecule is CCC(C)N=Nc1ccc([N+](=O)[O-])cc1[N+](=O)[O-]. The van der Waals surface area contributed by atoms with Gasteiger partial charge in [0.15, 0.2) is 5.69 Å². The van der Waals surface area contributed by atoms with Crippen LogP contribution in [0.2, 0.25) is 0 Å². The van der Waals surface area contributed by atoms with Crippen molar-refractivity contribution >= 4 is 17.1 Å². The first-order chi connectivity index (χ1) is 8.45. The highest BCUT2D eigenvalue weighted by Crippen LogP contribution is 2.31. The van der Waals surface area contributed by atoms with Gasteiger partial charge in [0.25, 0.3) is 5.69 Å². The number of azo groups is 1. The van der Waals surface area contributed by atoms with Crippen LogP contribution in [-0.4, -0.2) is 15.9 Å². The summed E-state index contributed by atoms with van der Waals surface area (Å²) in [5.41, 5.74) is -0.744. The molecule has 0 spiro atoms. The zero-order valence-electron chi connectivity index (χ0n) is 9.94. The van der Waals surface area contributed by atoms with E-state index in [1.165, 1.54) is 6.07 Å². The minimum absolute atomic E-state index is 0.0194. The summed E-state index contributed by atoms with van der Waals surface area (Å²) in [5, 5.41) is 29.0. The van der Waals surface area contributed by atoms with E-state index >= 15 is 0 Å². The Bertz CT molecular complexity index is 501. The summed E-state index contributed by atoms with van der Waals surface area (Å²) in [7, 11) is 0. The Labute approximate surface area is 103 Å². The van der Waals surface area contributed by atoms with Crippen LogP contribution in [0.1, 0.15) is 20.3 Å². The van der Waals surface area contributed by atoms with Crippen LogP contribution in [0, 0.1) is 20.2 Å². The molecule has 0 heterocycles. The number of nitrogens with zero attached hydrogens (tertiary/aromatic N) is 4. The van der Waals surface area contributed by atoms with Gasteiger partial charge in [-0.15, -0.1) is 5.11 Å². The van der Waals surface area contributed by atoms with Gasteiger partial charge in [-0.05, 0) is 19.4 Å². The highest BCUT2D eigenvalue weighted by molar-refractivity contribution is 5.61. The van der Waals surface area contributed by atoms with Crippen molar-refractivity contribution in [2.75, 3.05) is 0 Å².